The van der Waals surface area contributed by atoms with Crippen LogP contribution in [-0.2, 0) is 0 Å². The zero-order chi connectivity index (χ0) is 11.1. The highest BCUT2D eigenvalue weighted by Gasteiger charge is 2.51. The van der Waals surface area contributed by atoms with Gasteiger partial charge < -0.3 is 0 Å². The third kappa shape index (κ3) is 1.42. The molecule has 0 N–H and O–H groups in total. The van der Waals surface area contributed by atoms with Gasteiger partial charge in [0.25, 0.3) is 0 Å². The minimum absolute atomic E-state index is 0.563. The van der Waals surface area contributed by atoms with Crippen molar-refractivity contribution in [2.24, 2.45) is 35.0 Å². The highest BCUT2D eigenvalue weighted by Crippen LogP contribution is 2.58. The lowest BCUT2D eigenvalue weighted by atomic mass is 9.65. The van der Waals surface area contributed by atoms with Gasteiger partial charge >= 0.3 is 0 Å². The first-order valence-electron chi connectivity index (χ1n) is 6.37. The average molecular weight is 196 g/mol. The van der Waals surface area contributed by atoms with Gasteiger partial charge in [-0.3, -0.25) is 0 Å². The first kappa shape index (κ1) is 12.1. The maximum Gasteiger partial charge on any atom is -0.0244 e. The van der Waals surface area contributed by atoms with Gasteiger partial charge in [0.05, 0.1) is 0 Å². The van der Waals surface area contributed by atoms with Crippen LogP contribution in [0.15, 0.2) is 0 Å². The van der Waals surface area contributed by atoms with Gasteiger partial charge in [-0.15, -0.1) is 0 Å². The van der Waals surface area contributed by atoms with Gasteiger partial charge in [-0.05, 0) is 35.0 Å². The topological polar surface area (TPSA) is 0 Å². The molecule has 0 aromatic heterocycles. The molecule has 1 aliphatic carbocycles. The van der Waals surface area contributed by atoms with Gasteiger partial charge in [0.2, 0.25) is 0 Å². The molecule has 84 valence electrons. The Hall–Kier alpha value is 0. The van der Waals surface area contributed by atoms with Crippen molar-refractivity contribution in [3.8, 4) is 0 Å². The van der Waals surface area contributed by atoms with Crippen LogP contribution in [0.2, 0.25) is 0 Å². The maximum absolute atomic E-state index is 2.52. The van der Waals surface area contributed by atoms with Gasteiger partial charge in [-0.2, -0.15) is 0 Å². The zero-order valence-electron chi connectivity index (χ0n) is 11.1. The van der Waals surface area contributed by atoms with Crippen molar-refractivity contribution in [1.82, 2.24) is 0 Å². The van der Waals surface area contributed by atoms with E-state index in [0.29, 0.717) is 5.41 Å². The number of hydrogen-bond donors (Lipinski definition) is 0. The predicted molar refractivity (Wildman–Crippen MR) is 64.2 cm³/mol. The van der Waals surface area contributed by atoms with E-state index in [4.69, 9.17) is 0 Å². The van der Waals surface area contributed by atoms with Crippen LogP contribution in [0.5, 0.6) is 0 Å². The first-order valence-corrected chi connectivity index (χ1v) is 6.37. The fourth-order valence-electron chi connectivity index (χ4n) is 3.80. The summed E-state index contributed by atoms with van der Waals surface area (Å²) in [5.41, 5.74) is 0.563. The molecule has 0 radical (unpaired) electrons. The molecule has 0 aliphatic heterocycles. The lowest BCUT2D eigenvalue weighted by Crippen LogP contribution is -2.34. The van der Waals surface area contributed by atoms with E-state index in [1.54, 1.807) is 0 Å². The van der Waals surface area contributed by atoms with E-state index in [1.807, 2.05) is 0 Å². The Bertz CT molecular complexity index is 180. The van der Waals surface area contributed by atoms with E-state index in [2.05, 4.69) is 48.5 Å². The summed E-state index contributed by atoms with van der Waals surface area (Å²) in [6.45, 7) is 17.1. The molecule has 1 fully saturated rings. The van der Waals surface area contributed by atoms with E-state index in [0.717, 1.165) is 29.6 Å². The number of hydrogen-bond acceptors (Lipinski definition) is 0. The van der Waals surface area contributed by atoms with Gasteiger partial charge in [-0.25, -0.2) is 0 Å². The molecule has 0 nitrogen and oxygen atoms in total. The minimum Gasteiger partial charge on any atom is -0.0651 e. The van der Waals surface area contributed by atoms with Crippen molar-refractivity contribution in [2.45, 2.75) is 54.9 Å². The highest BCUT2D eigenvalue weighted by atomic mass is 14.6. The van der Waals surface area contributed by atoms with Gasteiger partial charge in [0.15, 0.2) is 0 Å². The smallest absolute Gasteiger partial charge is 0.0244 e. The Labute approximate surface area is 90.5 Å². The van der Waals surface area contributed by atoms with E-state index in [1.165, 1.54) is 6.42 Å². The Morgan fingerprint density at radius 2 is 1.36 bits per heavy atom. The Morgan fingerprint density at radius 1 is 1.00 bits per heavy atom. The summed E-state index contributed by atoms with van der Waals surface area (Å²) in [7, 11) is 0. The molecule has 14 heavy (non-hydrogen) atoms. The van der Waals surface area contributed by atoms with Crippen LogP contribution < -0.4 is 0 Å². The maximum atomic E-state index is 2.52. The predicted octanol–water partition coefficient (Wildman–Crippen LogP) is 4.60. The summed E-state index contributed by atoms with van der Waals surface area (Å²) in [4.78, 5) is 0. The normalized spacial score (nSPS) is 50.8. The molecule has 0 spiro atoms. The van der Waals surface area contributed by atoms with Crippen molar-refractivity contribution >= 4 is 0 Å². The van der Waals surface area contributed by atoms with Crippen molar-refractivity contribution < 1.29 is 0 Å². The fourth-order valence-corrected chi connectivity index (χ4v) is 3.80. The van der Waals surface area contributed by atoms with E-state index < -0.39 is 0 Å². The fraction of sp³-hybridized carbons (Fsp3) is 1.00. The molecule has 0 aromatic carbocycles. The molecule has 0 aromatic rings. The Morgan fingerprint density at radius 3 is 1.64 bits per heavy atom. The second-order valence-electron chi connectivity index (χ2n) is 5.97. The lowest BCUT2D eigenvalue weighted by molar-refractivity contribution is 0.0805. The van der Waals surface area contributed by atoms with Crippen molar-refractivity contribution in [3.63, 3.8) is 0 Å². The van der Waals surface area contributed by atoms with E-state index in [9.17, 15) is 0 Å². The largest absolute Gasteiger partial charge is 0.0651 e. The molecule has 1 rings (SSSR count). The molecule has 0 heteroatoms. The molecule has 0 saturated heterocycles. The minimum atomic E-state index is 0.563. The van der Waals surface area contributed by atoms with Gasteiger partial charge in [0, 0.05) is 0 Å². The second kappa shape index (κ2) is 3.87. The SMILES string of the molecule is CCC(C)C1(C)C(C)C(C)C(C)C1C. The monoisotopic (exact) mass is 196 g/mol. The highest BCUT2D eigenvalue weighted by molar-refractivity contribution is 5.00. The zero-order valence-corrected chi connectivity index (χ0v) is 11.1. The summed E-state index contributed by atoms with van der Waals surface area (Å²) in [5, 5.41) is 0. The summed E-state index contributed by atoms with van der Waals surface area (Å²) in [6.07, 6.45) is 1.32. The lowest BCUT2D eigenvalue weighted by Gasteiger charge is -2.40. The van der Waals surface area contributed by atoms with Crippen molar-refractivity contribution in [1.29, 1.82) is 0 Å². The summed E-state index contributed by atoms with van der Waals surface area (Å²) >= 11 is 0. The molecular formula is C14H28. The van der Waals surface area contributed by atoms with Crippen LogP contribution >= 0.6 is 0 Å². The number of rotatable bonds is 2. The molecule has 0 amide bonds. The average Bonchev–Trinajstić information content (AvgIpc) is 2.34. The second-order valence-corrected chi connectivity index (χ2v) is 5.97. The molecule has 5 atom stereocenters. The van der Waals surface area contributed by atoms with Crippen LogP contribution in [0.25, 0.3) is 0 Å². The van der Waals surface area contributed by atoms with Crippen LogP contribution in [0.1, 0.15) is 54.9 Å². The van der Waals surface area contributed by atoms with Crippen LogP contribution in [0.3, 0.4) is 0 Å². The summed E-state index contributed by atoms with van der Waals surface area (Å²) in [6, 6.07) is 0. The molecule has 0 bridgehead atoms. The quantitative estimate of drug-likeness (QED) is 0.605. The van der Waals surface area contributed by atoms with Gasteiger partial charge in [-0.1, -0.05) is 54.9 Å². The third-order valence-corrected chi connectivity index (χ3v) is 6.04. The van der Waals surface area contributed by atoms with Crippen molar-refractivity contribution in [2.75, 3.05) is 0 Å². The van der Waals surface area contributed by atoms with E-state index in [-0.39, 0.29) is 0 Å². The summed E-state index contributed by atoms with van der Waals surface area (Å²) in [5.74, 6) is 4.40. The van der Waals surface area contributed by atoms with Crippen LogP contribution in [-0.4, -0.2) is 0 Å². The molecule has 1 saturated carbocycles. The Balaban J connectivity index is 2.97. The van der Waals surface area contributed by atoms with E-state index >= 15 is 0 Å². The van der Waals surface area contributed by atoms with Crippen molar-refractivity contribution in [3.05, 3.63) is 0 Å². The van der Waals surface area contributed by atoms with Gasteiger partial charge in [0.1, 0.15) is 0 Å². The molecule has 1 aliphatic rings. The standard InChI is InChI=1S/C14H28/c1-8-9(2)14(7)12(5)10(3)11(4)13(14)6/h9-13H,8H2,1-7H3. The molecular weight excluding hydrogens is 168 g/mol. The molecule has 5 unspecified atom stereocenters. The van der Waals surface area contributed by atoms with Crippen LogP contribution in [0, 0.1) is 35.0 Å². The summed E-state index contributed by atoms with van der Waals surface area (Å²) < 4.78 is 0. The molecule has 0 heterocycles. The van der Waals surface area contributed by atoms with Crippen LogP contribution in [0.4, 0.5) is 0 Å². The Kier molecular flexibility index (Phi) is 3.33. The first-order chi connectivity index (χ1) is 6.37. The third-order valence-electron chi connectivity index (χ3n) is 6.04.